The van der Waals surface area contributed by atoms with Gasteiger partial charge in [-0.3, -0.25) is 0 Å². The largest absolute Gasteiger partial charge is 0.323 e. The molecule has 8 heteroatoms. The molecule has 3 aromatic carbocycles. The molecule has 4 rings (SSSR count). The van der Waals surface area contributed by atoms with Gasteiger partial charge in [0.05, 0.1) is 22.0 Å². The van der Waals surface area contributed by atoms with Gasteiger partial charge in [0.15, 0.2) is 9.84 Å². The molecule has 0 radical (unpaired) electrons. The summed E-state index contributed by atoms with van der Waals surface area (Å²) in [4.78, 5) is 12.7. The number of sulfone groups is 1. The number of urea groups is 1. The van der Waals surface area contributed by atoms with E-state index in [0.717, 1.165) is 5.56 Å². The van der Waals surface area contributed by atoms with E-state index in [4.69, 9.17) is 0 Å². The molecule has 0 spiro atoms. The number of benzene rings is 3. The highest BCUT2D eigenvalue weighted by molar-refractivity contribution is 7.90. The van der Waals surface area contributed by atoms with Crippen LogP contribution in [0.25, 0.3) is 11.1 Å². The maximum atomic E-state index is 13.9. The summed E-state index contributed by atoms with van der Waals surface area (Å²) in [7, 11) is -3.65. The van der Waals surface area contributed by atoms with Crippen molar-refractivity contribution in [3.63, 3.8) is 0 Å². The molecule has 5 nitrogen and oxygen atoms in total. The second-order valence-electron chi connectivity index (χ2n) is 7.02. The molecule has 2 N–H and O–H groups in total. The summed E-state index contributed by atoms with van der Waals surface area (Å²) in [6.45, 7) is 0. The van der Waals surface area contributed by atoms with Crippen LogP contribution >= 0.6 is 11.3 Å². The molecule has 0 aliphatic heterocycles. The molecule has 0 bridgehead atoms. The van der Waals surface area contributed by atoms with Gasteiger partial charge in [-0.1, -0.05) is 48.5 Å². The van der Waals surface area contributed by atoms with Crippen LogP contribution in [-0.2, 0) is 15.6 Å². The van der Waals surface area contributed by atoms with E-state index in [1.54, 1.807) is 36.4 Å². The molecule has 0 atom stereocenters. The summed E-state index contributed by atoms with van der Waals surface area (Å²) in [5, 5.41) is 8.92. The topological polar surface area (TPSA) is 75.3 Å². The molecule has 0 unspecified atom stereocenters. The zero-order valence-electron chi connectivity index (χ0n) is 16.8. The van der Waals surface area contributed by atoms with Gasteiger partial charge < -0.3 is 10.6 Å². The van der Waals surface area contributed by atoms with Crippen molar-refractivity contribution in [1.29, 1.82) is 0 Å². The summed E-state index contributed by atoms with van der Waals surface area (Å²) in [6.07, 6.45) is 0. The van der Waals surface area contributed by atoms with Crippen LogP contribution in [0.4, 0.5) is 20.6 Å². The predicted molar refractivity (Wildman–Crippen MR) is 126 cm³/mol. The first kappa shape index (κ1) is 21.7. The predicted octanol–water partition coefficient (Wildman–Crippen LogP) is 6.17. The Morgan fingerprint density at radius 2 is 1.59 bits per heavy atom. The highest BCUT2D eigenvalue weighted by atomic mass is 32.2. The van der Waals surface area contributed by atoms with Gasteiger partial charge in [-0.05, 0) is 52.2 Å². The second kappa shape index (κ2) is 9.33. The van der Waals surface area contributed by atoms with E-state index < -0.39 is 21.7 Å². The molecular weight excluding hydrogens is 447 g/mol. The van der Waals surface area contributed by atoms with Crippen LogP contribution in [0.2, 0.25) is 0 Å². The van der Waals surface area contributed by atoms with E-state index in [1.807, 2.05) is 22.9 Å². The molecule has 0 aliphatic rings. The Morgan fingerprint density at radius 1 is 0.875 bits per heavy atom. The number of carbonyl (C=O) groups is 1. The molecule has 162 valence electrons. The number of thiophene rings is 1. The van der Waals surface area contributed by atoms with Gasteiger partial charge in [-0.15, -0.1) is 0 Å². The molecule has 4 aromatic rings. The van der Waals surface area contributed by atoms with E-state index in [9.17, 15) is 17.6 Å². The first-order valence-corrected chi connectivity index (χ1v) is 12.3. The lowest BCUT2D eigenvalue weighted by Gasteiger charge is -2.14. The van der Waals surface area contributed by atoms with Crippen molar-refractivity contribution < 1.29 is 17.6 Å². The van der Waals surface area contributed by atoms with Crippen LogP contribution in [0, 0.1) is 5.82 Å². The average Bonchev–Trinajstić information content (AvgIpc) is 3.30. The molecule has 0 aliphatic carbocycles. The fourth-order valence-corrected chi connectivity index (χ4v) is 5.23. The minimum absolute atomic E-state index is 0.0231. The van der Waals surface area contributed by atoms with E-state index in [1.165, 1.54) is 41.7 Å². The monoisotopic (exact) mass is 466 g/mol. The van der Waals surface area contributed by atoms with Crippen molar-refractivity contribution in [3.05, 3.63) is 101 Å². The highest BCUT2D eigenvalue weighted by Gasteiger charge is 2.19. The van der Waals surface area contributed by atoms with Crippen molar-refractivity contribution in [1.82, 2.24) is 0 Å². The SMILES string of the molecule is O=C(Nc1ccccc1F)Nc1cc(S(=O)(=O)Cc2ccccc2)ccc1-c1ccsc1. The second-order valence-corrected chi connectivity index (χ2v) is 9.79. The Hall–Kier alpha value is -3.49. The zero-order valence-corrected chi connectivity index (χ0v) is 18.4. The molecule has 0 saturated carbocycles. The van der Waals surface area contributed by atoms with Crippen LogP contribution in [0.1, 0.15) is 5.56 Å². The Balaban J connectivity index is 1.66. The molecule has 2 amide bonds. The number of halogens is 1. The lowest BCUT2D eigenvalue weighted by atomic mass is 10.1. The third kappa shape index (κ3) is 5.04. The van der Waals surface area contributed by atoms with Gasteiger partial charge >= 0.3 is 6.03 Å². The molecule has 0 saturated heterocycles. The molecule has 1 aromatic heterocycles. The summed E-state index contributed by atoms with van der Waals surface area (Å²) >= 11 is 1.48. The number of hydrogen-bond acceptors (Lipinski definition) is 4. The van der Waals surface area contributed by atoms with Gasteiger partial charge in [-0.25, -0.2) is 17.6 Å². The normalized spacial score (nSPS) is 11.2. The van der Waals surface area contributed by atoms with E-state index in [-0.39, 0.29) is 16.3 Å². The standard InChI is InChI=1S/C24H19FN2O3S2/c25-21-8-4-5-9-22(21)26-24(28)27-23-14-19(10-11-20(23)18-12-13-31-15-18)32(29,30)16-17-6-2-1-3-7-17/h1-15H,16H2,(H2,26,27,28). The third-order valence-electron chi connectivity index (χ3n) is 4.75. The van der Waals surface area contributed by atoms with Crippen molar-refractivity contribution in [3.8, 4) is 11.1 Å². The summed E-state index contributed by atoms with van der Waals surface area (Å²) in [6, 6.07) is 20.5. The number of anilines is 2. The number of carbonyl (C=O) groups excluding carboxylic acids is 1. The van der Waals surface area contributed by atoms with Gasteiger partial charge in [0, 0.05) is 5.56 Å². The van der Waals surface area contributed by atoms with Crippen molar-refractivity contribution in [2.45, 2.75) is 10.6 Å². The molecule has 1 heterocycles. The number of para-hydroxylation sites is 1. The number of hydrogen-bond donors (Lipinski definition) is 2. The fraction of sp³-hybridized carbons (Fsp3) is 0.0417. The maximum Gasteiger partial charge on any atom is 0.323 e. The van der Waals surface area contributed by atoms with E-state index >= 15 is 0 Å². The van der Waals surface area contributed by atoms with Crippen LogP contribution < -0.4 is 10.6 Å². The Morgan fingerprint density at radius 3 is 2.31 bits per heavy atom. The molecule has 32 heavy (non-hydrogen) atoms. The quantitative estimate of drug-likeness (QED) is 0.357. The van der Waals surface area contributed by atoms with Crippen molar-refractivity contribution in [2.75, 3.05) is 10.6 Å². The van der Waals surface area contributed by atoms with E-state index in [2.05, 4.69) is 10.6 Å². The smallest absolute Gasteiger partial charge is 0.307 e. The van der Waals surface area contributed by atoms with Crippen molar-refractivity contribution >= 4 is 38.6 Å². The van der Waals surface area contributed by atoms with Gasteiger partial charge in [0.2, 0.25) is 0 Å². The highest BCUT2D eigenvalue weighted by Crippen LogP contribution is 2.33. The molecule has 0 fully saturated rings. The lowest BCUT2D eigenvalue weighted by Crippen LogP contribution is -2.20. The summed E-state index contributed by atoms with van der Waals surface area (Å²) in [5.74, 6) is -0.730. The summed E-state index contributed by atoms with van der Waals surface area (Å²) < 4.78 is 39.9. The lowest BCUT2D eigenvalue weighted by molar-refractivity contribution is 0.262. The van der Waals surface area contributed by atoms with Gasteiger partial charge in [0.1, 0.15) is 5.82 Å². The number of amides is 2. The Labute approximate surface area is 189 Å². The average molecular weight is 467 g/mol. The fourth-order valence-electron chi connectivity index (χ4n) is 3.21. The first-order chi connectivity index (χ1) is 15.4. The summed E-state index contributed by atoms with van der Waals surface area (Å²) in [5.41, 5.74) is 2.50. The minimum Gasteiger partial charge on any atom is -0.307 e. The molecular formula is C24H19FN2O3S2. The number of rotatable bonds is 6. The Bertz CT molecular complexity index is 1340. The van der Waals surface area contributed by atoms with E-state index in [0.29, 0.717) is 16.8 Å². The van der Waals surface area contributed by atoms with Crippen LogP contribution in [0.3, 0.4) is 0 Å². The zero-order chi connectivity index (χ0) is 22.6. The van der Waals surface area contributed by atoms with Gasteiger partial charge in [-0.2, -0.15) is 11.3 Å². The van der Waals surface area contributed by atoms with Crippen molar-refractivity contribution in [2.24, 2.45) is 0 Å². The van der Waals surface area contributed by atoms with Crippen LogP contribution in [0.15, 0.2) is 94.5 Å². The first-order valence-electron chi connectivity index (χ1n) is 9.68. The number of nitrogens with one attached hydrogen (secondary N) is 2. The third-order valence-corrected chi connectivity index (χ3v) is 7.12. The minimum atomic E-state index is -3.65. The maximum absolute atomic E-state index is 13.9. The van der Waals surface area contributed by atoms with Crippen LogP contribution in [-0.4, -0.2) is 14.4 Å². The Kier molecular flexibility index (Phi) is 6.34. The van der Waals surface area contributed by atoms with Gasteiger partial charge in [0.25, 0.3) is 0 Å². The van der Waals surface area contributed by atoms with Crippen LogP contribution in [0.5, 0.6) is 0 Å².